The van der Waals surface area contributed by atoms with Crippen molar-refractivity contribution < 1.29 is 14.4 Å². The lowest BCUT2D eigenvalue weighted by molar-refractivity contribution is -0.130. The van der Waals surface area contributed by atoms with Crippen molar-refractivity contribution in [1.29, 1.82) is 0 Å². The van der Waals surface area contributed by atoms with Crippen LogP contribution in [-0.2, 0) is 15.1 Å². The second kappa shape index (κ2) is 9.02. The Morgan fingerprint density at radius 3 is 2.87 bits per heavy atom. The molecule has 3 N–H and O–H groups in total. The van der Waals surface area contributed by atoms with Crippen LogP contribution >= 0.6 is 23.4 Å². The van der Waals surface area contributed by atoms with Crippen molar-refractivity contribution in [3.8, 4) is 0 Å². The highest BCUT2D eigenvalue weighted by Gasteiger charge is 2.43. The van der Waals surface area contributed by atoms with Crippen LogP contribution in [0, 0.1) is 0 Å². The number of hydrogen-bond donors (Lipinski definition) is 3. The van der Waals surface area contributed by atoms with Crippen LogP contribution in [0.5, 0.6) is 0 Å². The smallest absolute Gasteiger partial charge is 0.315 e. The highest BCUT2D eigenvalue weighted by Crippen LogP contribution is 2.36. The van der Waals surface area contributed by atoms with Crippen molar-refractivity contribution >= 4 is 41.1 Å². The first-order valence-corrected chi connectivity index (χ1v) is 11.9. The first-order valence-electron chi connectivity index (χ1n) is 10.5. The third-order valence-corrected chi connectivity index (χ3v) is 7.98. The molecule has 2 aliphatic heterocycles. The minimum absolute atomic E-state index is 0.0780. The van der Waals surface area contributed by atoms with Gasteiger partial charge in [-0.1, -0.05) is 42.3 Å². The zero-order valence-electron chi connectivity index (χ0n) is 16.7. The molecule has 4 rings (SSSR count). The minimum atomic E-state index is -1.08. The molecule has 1 aliphatic carbocycles. The summed E-state index contributed by atoms with van der Waals surface area (Å²) in [5, 5.41) is 9.83. The highest BCUT2D eigenvalue weighted by atomic mass is 35.5. The fourth-order valence-electron chi connectivity index (χ4n) is 4.60. The van der Waals surface area contributed by atoms with E-state index in [0.29, 0.717) is 35.1 Å². The van der Waals surface area contributed by atoms with Gasteiger partial charge in [0.15, 0.2) is 5.78 Å². The van der Waals surface area contributed by atoms with Crippen molar-refractivity contribution in [2.45, 2.75) is 61.4 Å². The largest absolute Gasteiger partial charge is 0.339 e. The van der Waals surface area contributed by atoms with Crippen LogP contribution < -0.4 is 16.0 Å². The molecule has 0 spiro atoms. The van der Waals surface area contributed by atoms with Crippen LogP contribution in [0.3, 0.4) is 0 Å². The molecule has 2 heterocycles. The number of fused-ring (bicyclic) bond motifs is 1. The molecular weight excluding hydrogens is 422 g/mol. The van der Waals surface area contributed by atoms with Crippen molar-refractivity contribution in [3.63, 3.8) is 0 Å². The van der Waals surface area contributed by atoms with E-state index in [2.05, 4.69) is 16.0 Å². The van der Waals surface area contributed by atoms with E-state index in [1.807, 2.05) is 36.0 Å². The maximum Gasteiger partial charge on any atom is 0.315 e. The average molecular weight is 448 g/mol. The van der Waals surface area contributed by atoms with Gasteiger partial charge in [-0.25, -0.2) is 4.79 Å². The zero-order valence-corrected chi connectivity index (χ0v) is 18.2. The van der Waals surface area contributed by atoms with Crippen molar-refractivity contribution in [2.75, 3.05) is 5.75 Å². The SMILES string of the molecule is O=C(CCCC[C@@H]1SC[C@@H]2NC(=O)N[C@@H]21)NC1(c2ccccc2Cl)CCC=CC1=O. The van der Waals surface area contributed by atoms with E-state index >= 15 is 0 Å². The van der Waals surface area contributed by atoms with E-state index in [4.69, 9.17) is 11.6 Å². The fourth-order valence-corrected chi connectivity index (χ4v) is 6.44. The number of halogens is 1. The van der Waals surface area contributed by atoms with Crippen molar-refractivity contribution in [2.24, 2.45) is 0 Å². The van der Waals surface area contributed by atoms with Gasteiger partial charge in [-0.3, -0.25) is 9.59 Å². The molecule has 6 nitrogen and oxygen atoms in total. The first kappa shape index (κ1) is 21.2. The van der Waals surface area contributed by atoms with E-state index in [1.54, 1.807) is 12.1 Å². The molecule has 160 valence electrons. The molecule has 1 aromatic carbocycles. The standard InChI is InChI=1S/C22H26ClN3O3S/c23-15-8-2-1-7-14(15)22(12-6-5-10-18(22)27)26-19(28)11-4-3-9-17-20-16(13-30-17)24-21(29)25-20/h1-2,5,7-8,10,16-17,20H,3-4,6,9,11-13H2,(H,26,28)(H2,24,25,29)/t16-,17-,20-,22?/m0/s1. The van der Waals surface area contributed by atoms with E-state index in [0.717, 1.165) is 25.0 Å². The first-order chi connectivity index (χ1) is 14.5. The number of benzene rings is 1. The molecule has 30 heavy (non-hydrogen) atoms. The molecule has 0 bridgehead atoms. The summed E-state index contributed by atoms with van der Waals surface area (Å²) in [6.45, 7) is 0. The number of urea groups is 1. The van der Waals surface area contributed by atoms with Crippen LogP contribution in [0.1, 0.15) is 44.1 Å². The van der Waals surface area contributed by atoms with E-state index in [9.17, 15) is 14.4 Å². The van der Waals surface area contributed by atoms with Gasteiger partial charge in [-0.15, -0.1) is 0 Å². The number of rotatable bonds is 7. The van der Waals surface area contributed by atoms with Crippen molar-refractivity contribution in [3.05, 3.63) is 47.0 Å². The number of thioether (sulfide) groups is 1. The maximum absolute atomic E-state index is 12.8. The zero-order chi connectivity index (χ0) is 21.1. The average Bonchev–Trinajstić information content (AvgIpc) is 3.27. The third kappa shape index (κ3) is 4.23. The van der Waals surface area contributed by atoms with E-state index in [1.165, 1.54) is 0 Å². The molecule has 2 saturated heterocycles. The Hall–Kier alpha value is -1.99. The molecule has 4 atom stereocenters. The lowest BCUT2D eigenvalue weighted by atomic mass is 9.78. The fraction of sp³-hybridized carbons (Fsp3) is 0.500. The monoisotopic (exact) mass is 447 g/mol. The molecule has 3 aliphatic rings. The Balaban J connectivity index is 1.33. The summed E-state index contributed by atoms with van der Waals surface area (Å²) in [5.74, 6) is 0.671. The molecule has 1 aromatic rings. The molecule has 0 radical (unpaired) electrons. The Kier molecular flexibility index (Phi) is 6.39. The lowest BCUT2D eigenvalue weighted by Gasteiger charge is -2.35. The van der Waals surface area contributed by atoms with Crippen LogP contribution in [0.4, 0.5) is 4.79 Å². The van der Waals surface area contributed by atoms with E-state index < -0.39 is 5.54 Å². The van der Waals surface area contributed by atoms with Crippen LogP contribution in [0.2, 0.25) is 5.02 Å². The van der Waals surface area contributed by atoms with Crippen LogP contribution in [0.15, 0.2) is 36.4 Å². The normalized spacial score (nSPS) is 30.0. The summed E-state index contributed by atoms with van der Waals surface area (Å²) in [6.07, 6.45) is 7.56. The number of unbranched alkanes of at least 4 members (excludes halogenated alkanes) is 1. The van der Waals surface area contributed by atoms with Crippen LogP contribution in [-0.4, -0.2) is 40.8 Å². The van der Waals surface area contributed by atoms with Gasteiger partial charge in [0.05, 0.1) is 12.1 Å². The Labute approximate surface area is 185 Å². The van der Waals surface area contributed by atoms with Gasteiger partial charge in [0, 0.05) is 28.0 Å². The number of nitrogens with one attached hydrogen (secondary N) is 3. The second-order valence-electron chi connectivity index (χ2n) is 8.11. The summed E-state index contributed by atoms with van der Waals surface area (Å²) >= 11 is 8.26. The van der Waals surface area contributed by atoms with Gasteiger partial charge >= 0.3 is 6.03 Å². The van der Waals surface area contributed by atoms with Crippen LogP contribution in [0.25, 0.3) is 0 Å². The van der Waals surface area contributed by atoms with Gasteiger partial charge in [0.2, 0.25) is 5.91 Å². The topological polar surface area (TPSA) is 87.3 Å². The predicted octanol–water partition coefficient (Wildman–Crippen LogP) is 3.30. The summed E-state index contributed by atoms with van der Waals surface area (Å²) in [4.78, 5) is 37.1. The summed E-state index contributed by atoms with van der Waals surface area (Å²) in [5.41, 5.74) is -0.425. The summed E-state index contributed by atoms with van der Waals surface area (Å²) < 4.78 is 0. The molecule has 2 fully saturated rings. The van der Waals surface area contributed by atoms with Gasteiger partial charge < -0.3 is 16.0 Å². The molecule has 0 aromatic heterocycles. The molecule has 8 heteroatoms. The molecule has 3 amide bonds. The predicted molar refractivity (Wildman–Crippen MR) is 119 cm³/mol. The number of carbonyl (C=O) groups excluding carboxylic acids is 3. The Bertz CT molecular complexity index is 877. The van der Waals surface area contributed by atoms with Gasteiger partial charge in [-0.05, 0) is 37.8 Å². The van der Waals surface area contributed by atoms with Crippen molar-refractivity contribution in [1.82, 2.24) is 16.0 Å². The number of ketones is 1. The highest BCUT2D eigenvalue weighted by molar-refractivity contribution is 8.00. The number of allylic oxidation sites excluding steroid dienone is 1. The second-order valence-corrected chi connectivity index (χ2v) is 9.79. The molecule has 1 unspecified atom stereocenters. The van der Waals surface area contributed by atoms with Gasteiger partial charge in [0.1, 0.15) is 5.54 Å². The molecular formula is C22H26ClN3O3S. The quantitative estimate of drug-likeness (QED) is 0.442. The minimum Gasteiger partial charge on any atom is -0.339 e. The maximum atomic E-state index is 12.8. The number of hydrogen-bond acceptors (Lipinski definition) is 4. The Morgan fingerprint density at radius 2 is 2.07 bits per heavy atom. The lowest BCUT2D eigenvalue weighted by Crippen LogP contribution is -2.52. The van der Waals surface area contributed by atoms with E-state index in [-0.39, 0.29) is 29.8 Å². The number of carbonyl (C=O) groups is 3. The Morgan fingerprint density at radius 1 is 1.23 bits per heavy atom. The van der Waals surface area contributed by atoms with Gasteiger partial charge in [-0.2, -0.15) is 11.8 Å². The molecule has 0 saturated carbocycles. The summed E-state index contributed by atoms with van der Waals surface area (Å²) in [6, 6.07) is 7.55. The third-order valence-electron chi connectivity index (χ3n) is 6.14. The van der Waals surface area contributed by atoms with Gasteiger partial charge in [0.25, 0.3) is 0 Å². The number of amides is 3. The summed E-state index contributed by atoms with van der Waals surface area (Å²) in [7, 11) is 0.